The molecule has 0 spiro atoms. The Bertz CT molecular complexity index is 410. The summed E-state index contributed by atoms with van der Waals surface area (Å²) in [6.45, 7) is 13.9. The molecule has 1 saturated carbocycles. The zero-order chi connectivity index (χ0) is 18.5. The number of nitrogens with zero attached hydrogens (tertiary/aromatic N) is 1. The standard InChI is InChI=1S/C22H43N3O/c1-16(2)25-9-7-20(14-25)12-18(4)23-21-6-5-19(13-21)11-17(3)24-22-8-10-26-15-22/h16-24H,5-15H2,1-4H3/t17?,18?,19?,20?,21?,22-/m1/s1. The molecule has 4 heteroatoms. The Balaban J connectivity index is 1.31. The molecule has 152 valence electrons. The van der Waals surface area contributed by atoms with E-state index in [0.717, 1.165) is 31.1 Å². The van der Waals surface area contributed by atoms with E-state index in [0.29, 0.717) is 24.2 Å². The Kier molecular flexibility index (Phi) is 7.80. The van der Waals surface area contributed by atoms with Gasteiger partial charge in [-0.2, -0.15) is 0 Å². The lowest BCUT2D eigenvalue weighted by molar-refractivity contribution is 0.187. The molecule has 2 heterocycles. The Hall–Kier alpha value is -0.160. The third-order valence-electron chi connectivity index (χ3n) is 6.93. The fourth-order valence-electron chi connectivity index (χ4n) is 5.57. The topological polar surface area (TPSA) is 36.5 Å². The number of rotatable bonds is 9. The Morgan fingerprint density at radius 1 is 0.885 bits per heavy atom. The van der Waals surface area contributed by atoms with Crippen LogP contribution in [0.5, 0.6) is 0 Å². The van der Waals surface area contributed by atoms with E-state index in [1.54, 1.807) is 0 Å². The van der Waals surface area contributed by atoms with E-state index in [9.17, 15) is 0 Å². The minimum Gasteiger partial charge on any atom is -0.380 e. The first-order chi connectivity index (χ1) is 12.5. The van der Waals surface area contributed by atoms with Crippen LogP contribution in [0.3, 0.4) is 0 Å². The molecule has 4 nitrogen and oxygen atoms in total. The van der Waals surface area contributed by atoms with Crippen LogP contribution in [-0.2, 0) is 4.74 Å². The molecular weight excluding hydrogens is 322 g/mol. The van der Waals surface area contributed by atoms with E-state index in [1.807, 2.05) is 0 Å². The fraction of sp³-hybridized carbons (Fsp3) is 1.00. The highest BCUT2D eigenvalue weighted by Crippen LogP contribution is 2.30. The van der Waals surface area contributed by atoms with Gasteiger partial charge >= 0.3 is 0 Å². The van der Waals surface area contributed by atoms with E-state index in [2.05, 4.69) is 43.2 Å². The number of hydrogen-bond donors (Lipinski definition) is 2. The summed E-state index contributed by atoms with van der Waals surface area (Å²) in [6.07, 6.45) is 9.41. The molecule has 0 aromatic rings. The largest absolute Gasteiger partial charge is 0.380 e. The van der Waals surface area contributed by atoms with Crippen molar-refractivity contribution in [1.29, 1.82) is 0 Å². The van der Waals surface area contributed by atoms with Gasteiger partial charge in [0.2, 0.25) is 0 Å². The fourth-order valence-corrected chi connectivity index (χ4v) is 5.57. The second-order valence-electron chi connectivity index (χ2n) is 9.79. The molecule has 0 aromatic heterocycles. The van der Waals surface area contributed by atoms with Gasteiger partial charge in [0.05, 0.1) is 6.61 Å². The first-order valence-corrected chi connectivity index (χ1v) is 11.3. The summed E-state index contributed by atoms with van der Waals surface area (Å²) >= 11 is 0. The van der Waals surface area contributed by atoms with Gasteiger partial charge in [0.25, 0.3) is 0 Å². The molecule has 2 aliphatic heterocycles. The number of ether oxygens (including phenoxy) is 1. The minimum atomic E-state index is 0.595. The molecule has 0 radical (unpaired) electrons. The lowest BCUT2D eigenvalue weighted by Crippen LogP contribution is -2.38. The number of hydrogen-bond acceptors (Lipinski definition) is 4. The zero-order valence-electron chi connectivity index (χ0n) is 17.7. The maximum Gasteiger partial charge on any atom is 0.0620 e. The summed E-state index contributed by atoms with van der Waals surface area (Å²) in [4.78, 5) is 2.65. The van der Waals surface area contributed by atoms with E-state index in [1.165, 1.54) is 58.0 Å². The minimum absolute atomic E-state index is 0.595. The maximum atomic E-state index is 5.49. The lowest BCUT2D eigenvalue weighted by Gasteiger charge is -2.24. The van der Waals surface area contributed by atoms with Crippen molar-refractivity contribution in [3.8, 4) is 0 Å². The lowest BCUT2D eigenvalue weighted by atomic mass is 9.97. The van der Waals surface area contributed by atoms with Crippen molar-refractivity contribution in [3.05, 3.63) is 0 Å². The predicted molar refractivity (Wildman–Crippen MR) is 110 cm³/mol. The average molecular weight is 366 g/mol. The van der Waals surface area contributed by atoms with Gasteiger partial charge in [-0.1, -0.05) is 0 Å². The van der Waals surface area contributed by atoms with Crippen molar-refractivity contribution in [2.45, 2.75) is 103 Å². The summed E-state index contributed by atoms with van der Waals surface area (Å²) in [7, 11) is 0. The molecule has 3 rings (SSSR count). The van der Waals surface area contributed by atoms with Crippen LogP contribution in [-0.4, -0.2) is 61.4 Å². The van der Waals surface area contributed by atoms with Crippen LogP contribution in [0.2, 0.25) is 0 Å². The van der Waals surface area contributed by atoms with Gasteiger partial charge in [0, 0.05) is 43.4 Å². The Morgan fingerprint density at radius 2 is 1.62 bits per heavy atom. The van der Waals surface area contributed by atoms with E-state index < -0.39 is 0 Å². The van der Waals surface area contributed by atoms with Crippen molar-refractivity contribution < 1.29 is 4.74 Å². The van der Waals surface area contributed by atoms with Crippen LogP contribution in [0, 0.1) is 11.8 Å². The van der Waals surface area contributed by atoms with Crippen LogP contribution in [0.1, 0.15) is 72.6 Å². The predicted octanol–water partition coefficient (Wildman–Crippen LogP) is 3.41. The molecule has 6 atom stereocenters. The molecule has 0 aromatic carbocycles. The van der Waals surface area contributed by atoms with Crippen LogP contribution in [0.4, 0.5) is 0 Å². The third-order valence-corrected chi connectivity index (χ3v) is 6.93. The van der Waals surface area contributed by atoms with Crippen LogP contribution in [0.25, 0.3) is 0 Å². The summed E-state index contributed by atoms with van der Waals surface area (Å²) in [5.74, 6) is 1.79. The molecule has 0 bridgehead atoms. The van der Waals surface area contributed by atoms with Crippen LogP contribution >= 0.6 is 0 Å². The van der Waals surface area contributed by atoms with Gasteiger partial charge in [-0.25, -0.2) is 0 Å². The normalized spacial score (nSPS) is 35.4. The van der Waals surface area contributed by atoms with Gasteiger partial charge < -0.3 is 20.3 Å². The van der Waals surface area contributed by atoms with Crippen molar-refractivity contribution in [1.82, 2.24) is 15.5 Å². The highest BCUT2D eigenvalue weighted by atomic mass is 16.5. The molecule has 26 heavy (non-hydrogen) atoms. The van der Waals surface area contributed by atoms with Gasteiger partial charge in [0.15, 0.2) is 0 Å². The zero-order valence-corrected chi connectivity index (χ0v) is 17.7. The van der Waals surface area contributed by atoms with Gasteiger partial charge in [-0.05, 0) is 91.0 Å². The van der Waals surface area contributed by atoms with E-state index in [4.69, 9.17) is 4.74 Å². The van der Waals surface area contributed by atoms with Gasteiger partial charge in [-0.3, -0.25) is 0 Å². The van der Waals surface area contributed by atoms with Gasteiger partial charge in [0.1, 0.15) is 0 Å². The summed E-state index contributed by atoms with van der Waals surface area (Å²) in [5, 5.41) is 7.74. The van der Waals surface area contributed by atoms with Crippen molar-refractivity contribution >= 4 is 0 Å². The molecule has 5 unspecified atom stereocenters. The highest BCUT2D eigenvalue weighted by molar-refractivity contribution is 4.87. The van der Waals surface area contributed by atoms with Crippen LogP contribution in [0.15, 0.2) is 0 Å². The van der Waals surface area contributed by atoms with Crippen molar-refractivity contribution in [2.75, 3.05) is 26.3 Å². The number of likely N-dealkylation sites (tertiary alicyclic amines) is 1. The summed E-state index contributed by atoms with van der Waals surface area (Å²) < 4.78 is 5.49. The Morgan fingerprint density at radius 3 is 2.27 bits per heavy atom. The molecule has 2 saturated heterocycles. The average Bonchev–Trinajstić information content (AvgIpc) is 3.30. The maximum absolute atomic E-state index is 5.49. The number of nitrogens with one attached hydrogen (secondary N) is 2. The third kappa shape index (κ3) is 6.19. The quantitative estimate of drug-likeness (QED) is 0.656. The van der Waals surface area contributed by atoms with E-state index in [-0.39, 0.29) is 0 Å². The molecule has 3 fully saturated rings. The Labute approximate surface area is 161 Å². The second-order valence-corrected chi connectivity index (χ2v) is 9.79. The summed E-state index contributed by atoms with van der Waals surface area (Å²) in [5.41, 5.74) is 0. The molecule has 1 aliphatic carbocycles. The van der Waals surface area contributed by atoms with Crippen molar-refractivity contribution in [2.24, 2.45) is 11.8 Å². The van der Waals surface area contributed by atoms with E-state index >= 15 is 0 Å². The molecular formula is C22H43N3O. The monoisotopic (exact) mass is 365 g/mol. The van der Waals surface area contributed by atoms with Crippen LogP contribution < -0.4 is 10.6 Å². The SMILES string of the molecule is CC(CC1CCN(C(C)C)C1)NC1CCC(CC(C)N[C@@H]2CCOC2)C1. The summed E-state index contributed by atoms with van der Waals surface area (Å²) in [6, 6.07) is 3.35. The first-order valence-electron chi connectivity index (χ1n) is 11.3. The smallest absolute Gasteiger partial charge is 0.0620 e. The second kappa shape index (κ2) is 9.86. The highest BCUT2D eigenvalue weighted by Gasteiger charge is 2.30. The van der Waals surface area contributed by atoms with Crippen molar-refractivity contribution in [3.63, 3.8) is 0 Å². The first kappa shape index (κ1) is 20.6. The van der Waals surface area contributed by atoms with Gasteiger partial charge in [-0.15, -0.1) is 0 Å². The molecule has 3 aliphatic rings. The molecule has 2 N–H and O–H groups in total. The molecule has 0 amide bonds.